The summed E-state index contributed by atoms with van der Waals surface area (Å²) >= 11 is 1.62. The molecule has 0 saturated heterocycles. The van der Waals surface area contributed by atoms with Crippen molar-refractivity contribution in [3.05, 3.63) is 34.8 Å². The summed E-state index contributed by atoms with van der Waals surface area (Å²) in [6.07, 6.45) is 0.980. The van der Waals surface area contributed by atoms with Gasteiger partial charge in [0.25, 0.3) is 0 Å². The molecule has 2 rings (SSSR count). The molecular weight excluding hydrogens is 258 g/mol. The highest BCUT2D eigenvalue weighted by Crippen LogP contribution is 2.21. The van der Waals surface area contributed by atoms with Gasteiger partial charge in [0.1, 0.15) is 10.8 Å². The van der Waals surface area contributed by atoms with Crippen LogP contribution in [0.5, 0.6) is 5.75 Å². The maximum atomic E-state index is 5.32. The molecule has 0 aliphatic heterocycles. The number of nitrogens with one attached hydrogen (secondary N) is 1. The van der Waals surface area contributed by atoms with Gasteiger partial charge in [0.15, 0.2) is 0 Å². The van der Waals surface area contributed by atoms with E-state index in [2.05, 4.69) is 29.4 Å². The second-order valence-electron chi connectivity index (χ2n) is 4.76. The largest absolute Gasteiger partial charge is 0.496 e. The zero-order valence-corrected chi connectivity index (χ0v) is 12.3. The second-order valence-corrected chi connectivity index (χ2v) is 5.83. The van der Waals surface area contributed by atoms with Crippen molar-refractivity contribution < 1.29 is 4.74 Å². The first-order valence-electron chi connectivity index (χ1n) is 6.37. The molecule has 0 unspecified atom stereocenters. The van der Waals surface area contributed by atoms with E-state index in [1.165, 1.54) is 0 Å². The van der Waals surface area contributed by atoms with E-state index >= 15 is 0 Å². The van der Waals surface area contributed by atoms with Crippen LogP contribution in [-0.4, -0.2) is 17.3 Å². The molecule has 2 aromatic rings. The fraction of sp³-hybridized carbons (Fsp3) is 0.429. The number of hydrogen-bond acceptors (Lipinski definition) is 5. The lowest BCUT2D eigenvalue weighted by Crippen LogP contribution is -2.01. The van der Waals surface area contributed by atoms with E-state index < -0.39 is 0 Å². The topological polar surface area (TPSA) is 47.0 Å². The third-order valence-electron chi connectivity index (χ3n) is 2.67. The van der Waals surface area contributed by atoms with Crippen LogP contribution in [0.25, 0.3) is 0 Å². The summed E-state index contributed by atoms with van der Waals surface area (Å²) in [5.41, 5.74) is 1.12. The lowest BCUT2D eigenvalue weighted by molar-refractivity contribution is 0.410. The first-order valence-corrected chi connectivity index (χ1v) is 7.19. The summed E-state index contributed by atoms with van der Waals surface area (Å²) in [5, 5.41) is 13.6. The number of hydrogen-bond donors (Lipinski definition) is 1. The molecule has 19 heavy (non-hydrogen) atoms. The number of anilines is 1. The number of rotatable bonds is 6. The minimum atomic E-state index is 0.606. The molecule has 4 nitrogen and oxygen atoms in total. The molecule has 0 aliphatic rings. The second kappa shape index (κ2) is 6.52. The number of para-hydroxylation sites is 1. The van der Waals surface area contributed by atoms with Gasteiger partial charge in [-0.3, -0.25) is 0 Å². The summed E-state index contributed by atoms with van der Waals surface area (Å²) in [4.78, 5) is 0. The Morgan fingerprint density at radius 2 is 2.05 bits per heavy atom. The Hall–Kier alpha value is -1.62. The van der Waals surface area contributed by atoms with Gasteiger partial charge in [-0.25, -0.2) is 0 Å². The lowest BCUT2D eigenvalue weighted by Gasteiger charge is -2.07. The quantitative estimate of drug-likeness (QED) is 0.879. The van der Waals surface area contributed by atoms with Crippen molar-refractivity contribution >= 4 is 16.5 Å². The molecule has 1 heterocycles. The summed E-state index contributed by atoms with van der Waals surface area (Å²) < 4.78 is 5.32. The van der Waals surface area contributed by atoms with Crippen LogP contribution in [-0.2, 0) is 13.0 Å². The standard InChI is InChI=1S/C14H19N3OS/c1-10(2)8-13-16-17-14(19-13)15-9-11-6-4-5-7-12(11)18-3/h4-7,10H,8-9H2,1-3H3,(H,15,17). The van der Waals surface area contributed by atoms with E-state index in [0.717, 1.165) is 27.9 Å². The van der Waals surface area contributed by atoms with Gasteiger partial charge >= 0.3 is 0 Å². The van der Waals surface area contributed by atoms with E-state index in [-0.39, 0.29) is 0 Å². The predicted molar refractivity (Wildman–Crippen MR) is 78.8 cm³/mol. The van der Waals surface area contributed by atoms with Crippen molar-refractivity contribution in [1.29, 1.82) is 0 Å². The van der Waals surface area contributed by atoms with Crippen LogP contribution in [0.15, 0.2) is 24.3 Å². The van der Waals surface area contributed by atoms with Crippen molar-refractivity contribution in [3.63, 3.8) is 0 Å². The first kappa shape index (κ1) is 13.8. The van der Waals surface area contributed by atoms with Crippen molar-refractivity contribution in [1.82, 2.24) is 10.2 Å². The van der Waals surface area contributed by atoms with Gasteiger partial charge in [-0.2, -0.15) is 0 Å². The van der Waals surface area contributed by atoms with Gasteiger partial charge in [-0.1, -0.05) is 43.4 Å². The molecule has 1 aromatic carbocycles. The summed E-state index contributed by atoms with van der Waals surface area (Å²) in [6.45, 7) is 5.06. The fourth-order valence-corrected chi connectivity index (χ4v) is 2.72. The summed E-state index contributed by atoms with van der Waals surface area (Å²) in [5.74, 6) is 1.50. The van der Waals surface area contributed by atoms with E-state index in [4.69, 9.17) is 4.74 Å². The Bertz CT molecular complexity index is 525. The maximum Gasteiger partial charge on any atom is 0.205 e. The smallest absolute Gasteiger partial charge is 0.205 e. The molecule has 0 spiro atoms. The number of methoxy groups -OCH3 is 1. The number of nitrogens with zero attached hydrogens (tertiary/aromatic N) is 2. The normalized spacial score (nSPS) is 10.7. The van der Waals surface area contributed by atoms with Crippen LogP contribution in [0.3, 0.4) is 0 Å². The minimum Gasteiger partial charge on any atom is -0.496 e. The zero-order valence-electron chi connectivity index (χ0n) is 11.5. The number of aromatic nitrogens is 2. The highest BCUT2D eigenvalue weighted by molar-refractivity contribution is 7.15. The number of ether oxygens (including phenoxy) is 1. The molecule has 0 atom stereocenters. The molecule has 0 radical (unpaired) electrons. The van der Waals surface area contributed by atoms with E-state index in [1.807, 2.05) is 24.3 Å². The van der Waals surface area contributed by atoms with Crippen LogP contribution in [0.4, 0.5) is 5.13 Å². The first-order chi connectivity index (χ1) is 9.19. The molecule has 102 valence electrons. The van der Waals surface area contributed by atoms with Crippen LogP contribution in [0.2, 0.25) is 0 Å². The molecule has 0 aliphatic carbocycles. The Morgan fingerprint density at radius 3 is 2.79 bits per heavy atom. The molecule has 5 heteroatoms. The SMILES string of the molecule is COc1ccccc1CNc1nnc(CC(C)C)s1. The van der Waals surface area contributed by atoms with E-state index in [1.54, 1.807) is 18.4 Å². The molecule has 1 N–H and O–H groups in total. The predicted octanol–water partition coefficient (Wildman–Crippen LogP) is 3.36. The fourth-order valence-electron chi connectivity index (χ4n) is 1.78. The molecule has 0 amide bonds. The summed E-state index contributed by atoms with van der Waals surface area (Å²) in [7, 11) is 1.69. The lowest BCUT2D eigenvalue weighted by atomic mass is 10.1. The van der Waals surface area contributed by atoms with Crippen molar-refractivity contribution in [3.8, 4) is 5.75 Å². The van der Waals surface area contributed by atoms with Gasteiger partial charge in [0.05, 0.1) is 7.11 Å². The highest BCUT2D eigenvalue weighted by atomic mass is 32.1. The molecule has 1 aromatic heterocycles. The average molecular weight is 277 g/mol. The molecule has 0 fully saturated rings. The highest BCUT2D eigenvalue weighted by Gasteiger charge is 2.07. The number of benzene rings is 1. The molecule has 0 saturated carbocycles. The monoisotopic (exact) mass is 277 g/mol. The van der Waals surface area contributed by atoms with Gasteiger partial charge in [-0.05, 0) is 12.0 Å². The Morgan fingerprint density at radius 1 is 1.26 bits per heavy atom. The van der Waals surface area contributed by atoms with Crippen LogP contribution in [0, 0.1) is 5.92 Å². The zero-order chi connectivity index (χ0) is 13.7. The van der Waals surface area contributed by atoms with Crippen molar-refractivity contribution in [2.45, 2.75) is 26.8 Å². The van der Waals surface area contributed by atoms with Crippen molar-refractivity contribution in [2.75, 3.05) is 12.4 Å². The summed E-state index contributed by atoms with van der Waals surface area (Å²) in [6, 6.07) is 7.97. The Kier molecular flexibility index (Phi) is 4.74. The van der Waals surface area contributed by atoms with Crippen LogP contribution in [0.1, 0.15) is 24.4 Å². The van der Waals surface area contributed by atoms with Gasteiger partial charge in [-0.15, -0.1) is 10.2 Å². The Balaban J connectivity index is 1.96. The van der Waals surface area contributed by atoms with Crippen LogP contribution < -0.4 is 10.1 Å². The van der Waals surface area contributed by atoms with Gasteiger partial charge in [0.2, 0.25) is 5.13 Å². The van der Waals surface area contributed by atoms with E-state index in [9.17, 15) is 0 Å². The third kappa shape index (κ3) is 3.92. The maximum absolute atomic E-state index is 5.32. The van der Waals surface area contributed by atoms with Gasteiger partial charge < -0.3 is 10.1 Å². The Labute approximate surface area is 117 Å². The third-order valence-corrected chi connectivity index (χ3v) is 3.58. The molecular formula is C14H19N3OS. The van der Waals surface area contributed by atoms with Gasteiger partial charge in [0, 0.05) is 18.5 Å². The molecule has 0 bridgehead atoms. The minimum absolute atomic E-state index is 0.606. The van der Waals surface area contributed by atoms with Crippen molar-refractivity contribution in [2.24, 2.45) is 5.92 Å². The average Bonchev–Trinajstić information content (AvgIpc) is 2.83. The van der Waals surface area contributed by atoms with E-state index in [0.29, 0.717) is 12.5 Å². The van der Waals surface area contributed by atoms with Crippen LogP contribution >= 0.6 is 11.3 Å².